The molecule has 4 aliphatic heterocycles. The van der Waals surface area contributed by atoms with Gasteiger partial charge in [0.25, 0.3) is 0 Å². The second-order valence-electron chi connectivity index (χ2n) is 24.5. The summed E-state index contributed by atoms with van der Waals surface area (Å²) in [6.45, 7) is 10.0. The zero-order valence-electron chi connectivity index (χ0n) is 50.3. The molecule has 4 aliphatic rings. The Morgan fingerprint density at radius 3 is 0.920 bits per heavy atom. The van der Waals surface area contributed by atoms with Crippen molar-refractivity contribution in [1.29, 1.82) is 0 Å². The summed E-state index contributed by atoms with van der Waals surface area (Å²) in [6.07, 6.45) is 71.4. The van der Waals surface area contributed by atoms with E-state index in [1.54, 1.807) is 0 Å². The molecule has 1 N–H and O–H groups in total. The van der Waals surface area contributed by atoms with Gasteiger partial charge in [-0.1, -0.05) is 308 Å². The van der Waals surface area contributed by atoms with Crippen molar-refractivity contribution in [3.63, 3.8) is 0 Å². The summed E-state index contributed by atoms with van der Waals surface area (Å²) >= 11 is 0. The largest absolute Gasteiger partial charge is 0.491 e. The maximum Gasteiger partial charge on any atom is 0.134 e. The number of ether oxygens (including phenoxy) is 4. The standard InChI is InChI=1S/C66H127N3O6/c1-4-7-10-13-16-19-22-25-28-31-34-37-40-43-46-49-60(52-63-57-70-63)73-66-55-68(74-61(53-64-58-71-64)50-47-44-41-38-35-32-29-26-23-20-17-14-11-8-5-2)67-69(56-66)75-62(54-65-59-72-65)51-48-45-42-39-36-33-30-27-24-21-18-15-12-9-6-3/h55,60-65,67H,4-54,56-59H2,1-3H3. The van der Waals surface area contributed by atoms with Crippen molar-refractivity contribution in [2.24, 2.45) is 0 Å². The van der Waals surface area contributed by atoms with Crippen LogP contribution in [0.2, 0.25) is 0 Å². The Balaban J connectivity index is 1.21. The molecular formula is C66H127N3O6. The molecular weight excluding hydrogens is 931 g/mol. The van der Waals surface area contributed by atoms with Crippen molar-refractivity contribution >= 4 is 0 Å². The Morgan fingerprint density at radius 1 is 0.373 bits per heavy atom. The van der Waals surface area contributed by atoms with Crippen LogP contribution in [0.3, 0.4) is 0 Å². The predicted octanol–water partition coefficient (Wildman–Crippen LogP) is 20.0. The monoisotopic (exact) mass is 1060 g/mol. The zero-order chi connectivity index (χ0) is 52.7. The summed E-state index contributed by atoms with van der Waals surface area (Å²) in [5.41, 5.74) is 3.53. The average molecular weight is 1060 g/mol. The van der Waals surface area contributed by atoms with Gasteiger partial charge in [-0.25, -0.2) is 0 Å². The van der Waals surface area contributed by atoms with Crippen molar-refractivity contribution in [2.45, 2.75) is 385 Å². The predicted molar refractivity (Wildman–Crippen MR) is 316 cm³/mol. The van der Waals surface area contributed by atoms with E-state index < -0.39 is 0 Å². The van der Waals surface area contributed by atoms with Crippen molar-refractivity contribution in [3.05, 3.63) is 12.0 Å². The molecule has 9 heteroatoms. The first-order valence-corrected chi connectivity index (χ1v) is 34.0. The molecule has 0 aromatic carbocycles. The van der Waals surface area contributed by atoms with Crippen LogP contribution in [0.5, 0.6) is 0 Å². The van der Waals surface area contributed by atoms with Crippen LogP contribution < -0.4 is 5.53 Å². The van der Waals surface area contributed by atoms with Gasteiger partial charge in [0, 0.05) is 19.3 Å². The second kappa shape index (κ2) is 47.8. The molecule has 0 aromatic rings. The molecule has 4 rings (SSSR count). The number of rotatable bonds is 60. The first-order valence-electron chi connectivity index (χ1n) is 34.0. The molecule has 0 amide bonds. The van der Waals surface area contributed by atoms with Crippen LogP contribution in [-0.2, 0) is 28.6 Å². The lowest BCUT2D eigenvalue weighted by Gasteiger charge is -2.38. The molecule has 442 valence electrons. The Morgan fingerprint density at radius 2 is 0.627 bits per heavy atom. The maximum atomic E-state index is 7.00. The number of unbranched alkanes of at least 4 members (excludes halogenated alkanes) is 42. The molecule has 3 saturated heterocycles. The topological polar surface area (TPSA) is 83.8 Å². The van der Waals surface area contributed by atoms with Gasteiger partial charge in [0.05, 0.1) is 56.5 Å². The van der Waals surface area contributed by atoms with E-state index in [4.69, 9.17) is 28.6 Å². The van der Waals surface area contributed by atoms with Crippen LogP contribution >= 0.6 is 0 Å². The normalized spacial score (nSPS) is 19.6. The number of epoxide rings is 3. The van der Waals surface area contributed by atoms with Crippen LogP contribution in [-0.4, -0.2) is 73.3 Å². The highest BCUT2D eigenvalue weighted by atomic mass is 16.8. The molecule has 0 bridgehead atoms. The summed E-state index contributed by atoms with van der Waals surface area (Å²) in [6, 6.07) is 0. The Kier molecular flexibility index (Phi) is 42.5. The Labute approximate surface area is 465 Å². The van der Waals surface area contributed by atoms with Gasteiger partial charge < -0.3 is 18.9 Å². The van der Waals surface area contributed by atoms with Crippen molar-refractivity contribution < 1.29 is 28.6 Å². The highest BCUT2D eigenvalue weighted by Crippen LogP contribution is 2.29. The van der Waals surface area contributed by atoms with E-state index in [0.29, 0.717) is 24.9 Å². The van der Waals surface area contributed by atoms with Gasteiger partial charge in [0.2, 0.25) is 0 Å². The molecule has 4 heterocycles. The minimum atomic E-state index is 0.0661. The fourth-order valence-electron chi connectivity index (χ4n) is 11.6. The smallest absolute Gasteiger partial charge is 0.134 e. The van der Waals surface area contributed by atoms with E-state index in [9.17, 15) is 0 Å². The summed E-state index contributed by atoms with van der Waals surface area (Å²) in [5, 5.41) is 3.72. The summed E-state index contributed by atoms with van der Waals surface area (Å²) in [4.78, 5) is 13.8. The van der Waals surface area contributed by atoms with E-state index in [1.165, 1.54) is 289 Å². The quantitative estimate of drug-likeness (QED) is 0.0473. The van der Waals surface area contributed by atoms with Crippen LogP contribution in [0.25, 0.3) is 0 Å². The van der Waals surface area contributed by atoms with Crippen molar-refractivity contribution in [1.82, 2.24) is 15.9 Å². The minimum absolute atomic E-state index is 0.0661. The van der Waals surface area contributed by atoms with E-state index in [2.05, 4.69) is 32.5 Å². The first kappa shape index (κ1) is 66.6. The molecule has 6 atom stereocenters. The molecule has 0 saturated carbocycles. The number of nitrogens with zero attached hydrogens (tertiary/aromatic N) is 2. The van der Waals surface area contributed by atoms with Crippen LogP contribution in [0.1, 0.15) is 348 Å². The Hall–Kier alpha value is -0.940. The molecule has 0 aromatic heterocycles. The molecule has 0 aliphatic carbocycles. The fraction of sp³-hybridized carbons (Fsp3) is 0.970. The highest BCUT2D eigenvalue weighted by molar-refractivity contribution is 4.97. The minimum Gasteiger partial charge on any atom is -0.491 e. The lowest BCUT2D eigenvalue weighted by Crippen LogP contribution is -2.54. The molecule has 3 fully saturated rings. The van der Waals surface area contributed by atoms with Crippen LogP contribution in [0, 0.1) is 0 Å². The Bertz CT molecular complexity index is 1260. The average Bonchev–Trinajstić information content (AvgIpc) is 4.26. The van der Waals surface area contributed by atoms with Gasteiger partial charge in [-0.05, 0) is 25.7 Å². The van der Waals surface area contributed by atoms with Gasteiger partial charge in [-0.3, -0.25) is 9.68 Å². The van der Waals surface area contributed by atoms with Gasteiger partial charge in [-0.15, -0.1) is 5.53 Å². The van der Waals surface area contributed by atoms with Gasteiger partial charge in [0.15, 0.2) is 0 Å². The summed E-state index contributed by atoms with van der Waals surface area (Å²) in [5.74, 6) is 0.905. The highest BCUT2D eigenvalue weighted by Gasteiger charge is 2.34. The molecule has 0 radical (unpaired) electrons. The number of nitrogens with one attached hydrogen (secondary N) is 1. The summed E-state index contributed by atoms with van der Waals surface area (Å²) < 4.78 is 24.4. The van der Waals surface area contributed by atoms with Gasteiger partial charge in [0.1, 0.15) is 18.4 Å². The third-order valence-corrected chi connectivity index (χ3v) is 16.8. The lowest BCUT2D eigenvalue weighted by molar-refractivity contribution is -0.334. The van der Waals surface area contributed by atoms with E-state index in [-0.39, 0.29) is 18.3 Å². The van der Waals surface area contributed by atoms with Gasteiger partial charge >= 0.3 is 0 Å². The SMILES string of the molecule is CCCCCCCCCCCCCCCCCC(CC1CO1)OC1=CN(OC(CCCCCCCCCCCCCCCCC)CC2CO2)NN(OC(CCCCCCCCCCCCCCCCC)CC2CO2)C1. The maximum absolute atomic E-state index is 7.00. The fourth-order valence-corrected chi connectivity index (χ4v) is 11.6. The molecule has 75 heavy (non-hydrogen) atoms. The van der Waals surface area contributed by atoms with Crippen LogP contribution in [0.15, 0.2) is 12.0 Å². The van der Waals surface area contributed by atoms with E-state index in [0.717, 1.165) is 64.1 Å². The first-order chi connectivity index (χ1) is 37.1. The lowest BCUT2D eigenvalue weighted by atomic mass is 10.0. The van der Waals surface area contributed by atoms with E-state index >= 15 is 0 Å². The number of hydrogen-bond donors (Lipinski definition) is 1. The van der Waals surface area contributed by atoms with Gasteiger partial charge in [-0.2, -0.15) is 5.17 Å². The third-order valence-electron chi connectivity index (χ3n) is 16.8. The van der Waals surface area contributed by atoms with Crippen molar-refractivity contribution in [3.8, 4) is 0 Å². The number of hydrazine groups is 2. The number of hydroxylamine groups is 2. The van der Waals surface area contributed by atoms with Crippen LogP contribution in [0.4, 0.5) is 0 Å². The molecule has 9 nitrogen and oxygen atoms in total. The molecule has 6 unspecified atom stereocenters. The second-order valence-corrected chi connectivity index (χ2v) is 24.5. The van der Waals surface area contributed by atoms with E-state index in [1.807, 2.05) is 10.3 Å². The molecule has 0 spiro atoms. The third kappa shape index (κ3) is 40.8. The zero-order valence-corrected chi connectivity index (χ0v) is 50.3. The number of hydrogen-bond acceptors (Lipinski definition) is 9. The van der Waals surface area contributed by atoms with Crippen molar-refractivity contribution in [2.75, 3.05) is 26.4 Å². The summed E-state index contributed by atoms with van der Waals surface area (Å²) in [7, 11) is 0.